The molecule has 5 nitrogen and oxygen atoms in total. The fourth-order valence-electron chi connectivity index (χ4n) is 1.87. The molecule has 1 N–H and O–H groups in total. The molecule has 120 valence electrons. The Morgan fingerprint density at radius 2 is 2.04 bits per heavy atom. The summed E-state index contributed by atoms with van der Waals surface area (Å²) in [5.41, 5.74) is 0.707. The van der Waals surface area contributed by atoms with Gasteiger partial charge in [-0.1, -0.05) is 13.0 Å². The molecule has 23 heavy (non-hydrogen) atoms. The van der Waals surface area contributed by atoms with Gasteiger partial charge in [0, 0.05) is 11.6 Å². The summed E-state index contributed by atoms with van der Waals surface area (Å²) in [4.78, 5) is 27.0. The first kappa shape index (κ1) is 17.0. The van der Waals surface area contributed by atoms with E-state index >= 15 is 0 Å². The minimum Gasteiger partial charge on any atom is -0.478 e. The molecule has 0 fully saturated rings. The highest BCUT2D eigenvalue weighted by Crippen LogP contribution is 2.27. The van der Waals surface area contributed by atoms with Gasteiger partial charge in [0.15, 0.2) is 5.78 Å². The number of thioether (sulfide) groups is 1. The van der Waals surface area contributed by atoms with E-state index in [1.54, 1.807) is 24.3 Å². The van der Waals surface area contributed by atoms with Gasteiger partial charge in [0.25, 0.3) is 0 Å². The predicted octanol–water partition coefficient (Wildman–Crippen LogP) is 4.28. The highest BCUT2D eigenvalue weighted by atomic mass is 32.2. The van der Waals surface area contributed by atoms with Gasteiger partial charge in [-0.15, -0.1) is 11.8 Å². The van der Waals surface area contributed by atoms with Gasteiger partial charge >= 0.3 is 5.97 Å². The van der Waals surface area contributed by atoms with Crippen LogP contribution >= 0.6 is 11.8 Å². The first-order valence-corrected chi connectivity index (χ1v) is 8.15. The fraction of sp³-hybridized carbons (Fsp3) is 0.235. The summed E-state index contributed by atoms with van der Waals surface area (Å²) in [6, 6.07) is 9.48. The number of benzene rings is 1. The van der Waals surface area contributed by atoms with Crippen molar-refractivity contribution in [2.75, 3.05) is 5.75 Å². The molecule has 0 atom stereocenters. The second-order valence-corrected chi connectivity index (χ2v) is 5.93. The summed E-state index contributed by atoms with van der Waals surface area (Å²) < 4.78 is 5.63. The number of carboxylic acids is 1. The van der Waals surface area contributed by atoms with Gasteiger partial charge in [-0.25, -0.2) is 9.78 Å². The van der Waals surface area contributed by atoms with Crippen molar-refractivity contribution in [2.45, 2.75) is 25.3 Å². The summed E-state index contributed by atoms with van der Waals surface area (Å²) in [6.45, 7) is 3.56. The Morgan fingerprint density at radius 3 is 2.70 bits per heavy atom. The number of rotatable bonds is 7. The van der Waals surface area contributed by atoms with Crippen LogP contribution in [0.1, 0.15) is 41.0 Å². The largest absolute Gasteiger partial charge is 0.478 e. The van der Waals surface area contributed by atoms with E-state index in [2.05, 4.69) is 11.9 Å². The highest BCUT2D eigenvalue weighted by molar-refractivity contribution is 7.99. The summed E-state index contributed by atoms with van der Waals surface area (Å²) in [5, 5.41) is 9.63. The van der Waals surface area contributed by atoms with E-state index in [4.69, 9.17) is 9.84 Å². The molecule has 1 aromatic heterocycles. The summed E-state index contributed by atoms with van der Waals surface area (Å²) in [6.07, 6.45) is 0.968. The molecule has 0 aliphatic rings. The molecule has 6 heteroatoms. The number of pyridine rings is 1. The van der Waals surface area contributed by atoms with Crippen molar-refractivity contribution in [2.24, 2.45) is 0 Å². The zero-order valence-electron chi connectivity index (χ0n) is 12.9. The number of aromatic carboxylic acids is 1. The van der Waals surface area contributed by atoms with Crippen LogP contribution in [0.25, 0.3) is 0 Å². The average Bonchev–Trinajstić information content (AvgIpc) is 2.53. The van der Waals surface area contributed by atoms with Crippen molar-refractivity contribution in [3.8, 4) is 11.6 Å². The van der Waals surface area contributed by atoms with E-state index in [9.17, 15) is 9.59 Å². The zero-order valence-corrected chi connectivity index (χ0v) is 13.7. The third-order valence-electron chi connectivity index (χ3n) is 2.96. The van der Waals surface area contributed by atoms with Gasteiger partial charge in [-0.05, 0) is 43.4 Å². The zero-order chi connectivity index (χ0) is 16.8. The van der Waals surface area contributed by atoms with Crippen molar-refractivity contribution in [1.82, 2.24) is 4.98 Å². The number of carbonyl (C=O) groups excluding carboxylic acids is 1. The van der Waals surface area contributed by atoms with Gasteiger partial charge in [0.2, 0.25) is 5.88 Å². The molecule has 0 amide bonds. The van der Waals surface area contributed by atoms with Crippen LogP contribution in [-0.2, 0) is 0 Å². The molecule has 0 aliphatic heterocycles. The molecule has 2 rings (SSSR count). The lowest BCUT2D eigenvalue weighted by Gasteiger charge is -2.09. The lowest BCUT2D eigenvalue weighted by molar-refractivity contribution is 0.0696. The van der Waals surface area contributed by atoms with Crippen LogP contribution in [0.15, 0.2) is 41.4 Å². The fourth-order valence-corrected chi connectivity index (χ4v) is 2.79. The van der Waals surface area contributed by atoms with Gasteiger partial charge in [0.05, 0.1) is 5.56 Å². The van der Waals surface area contributed by atoms with E-state index < -0.39 is 5.97 Å². The van der Waals surface area contributed by atoms with Crippen molar-refractivity contribution in [3.05, 3.63) is 47.5 Å². The number of hydrogen-bond donors (Lipinski definition) is 1. The quantitative estimate of drug-likeness (QED) is 0.603. The van der Waals surface area contributed by atoms with E-state index in [0.29, 0.717) is 22.2 Å². The van der Waals surface area contributed by atoms with E-state index in [1.165, 1.54) is 30.8 Å². The number of nitrogens with zero attached hydrogens (tertiary/aromatic N) is 1. The summed E-state index contributed by atoms with van der Waals surface area (Å²) in [5.74, 6) is 0.506. The third-order valence-corrected chi connectivity index (χ3v) is 4.16. The van der Waals surface area contributed by atoms with Crippen molar-refractivity contribution < 1.29 is 19.4 Å². The molecular weight excluding hydrogens is 314 g/mol. The second-order valence-electron chi connectivity index (χ2n) is 4.84. The van der Waals surface area contributed by atoms with Gasteiger partial charge in [-0.3, -0.25) is 4.79 Å². The molecule has 0 saturated carbocycles. The molecule has 0 aliphatic carbocycles. The van der Waals surface area contributed by atoms with Crippen LogP contribution in [0.2, 0.25) is 0 Å². The molecular formula is C17H17NO4S. The van der Waals surface area contributed by atoms with Crippen LogP contribution in [-0.4, -0.2) is 27.6 Å². The van der Waals surface area contributed by atoms with E-state index in [1.807, 2.05) is 0 Å². The number of carboxylic acid groups (broad SMARTS) is 1. The molecule has 1 aromatic carbocycles. The number of hydrogen-bond acceptors (Lipinski definition) is 5. The summed E-state index contributed by atoms with van der Waals surface area (Å²) in [7, 11) is 0. The Balaban J connectivity index is 2.27. The number of carbonyl (C=O) groups is 2. The maximum absolute atomic E-state index is 11.7. The average molecular weight is 331 g/mol. The summed E-state index contributed by atoms with van der Waals surface area (Å²) >= 11 is 1.50. The van der Waals surface area contributed by atoms with Crippen LogP contribution in [0, 0.1) is 0 Å². The minimum absolute atomic E-state index is 0.0458. The van der Waals surface area contributed by atoms with Crippen molar-refractivity contribution >= 4 is 23.5 Å². The molecule has 0 saturated heterocycles. The van der Waals surface area contributed by atoms with E-state index in [-0.39, 0.29) is 11.3 Å². The Hall–Kier alpha value is -2.34. The predicted molar refractivity (Wildman–Crippen MR) is 88.7 cm³/mol. The van der Waals surface area contributed by atoms with Gasteiger partial charge in [0.1, 0.15) is 10.8 Å². The topological polar surface area (TPSA) is 76.5 Å². The number of ketones is 1. The van der Waals surface area contributed by atoms with Crippen LogP contribution in [0.3, 0.4) is 0 Å². The van der Waals surface area contributed by atoms with Crippen molar-refractivity contribution in [3.63, 3.8) is 0 Å². The Morgan fingerprint density at radius 1 is 1.26 bits per heavy atom. The lowest BCUT2D eigenvalue weighted by Crippen LogP contribution is -2.00. The monoisotopic (exact) mass is 331 g/mol. The number of aromatic nitrogens is 1. The Kier molecular flexibility index (Phi) is 5.76. The normalized spacial score (nSPS) is 10.3. The first-order valence-electron chi connectivity index (χ1n) is 7.17. The molecule has 0 bridgehead atoms. The van der Waals surface area contributed by atoms with Crippen molar-refractivity contribution in [1.29, 1.82) is 0 Å². The maximum Gasteiger partial charge on any atom is 0.335 e. The van der Waals surface area contributed by atoms with Crippen LogP contribution in [0.4, 0.5) is 0 Å². The van der Waals surface area contributed by atoms with E-state index in [0.717, 1.165) is 12.2 Å². The molecule has 2 aromatic rings. The third kappa shape index (κ3) is 4.56. The van der Waals surface area contributed by atoms with Gasteiger partial charge in [-0.2, -0.15) is 0 Å². The number of ether oxygens (including phenoxy) is 1. The Labute approximate surface area is 138 Å². The molecule has 0 unspecified atom stereocenters. The molecule has 0 spiro atoms. The van der Waals surface area contributed by atoms with Crippen LogP contribution < -0.4 is 4.74 Å². The van der Waals surface area contributed by atoms with Gasteiger partial charge < -0.3 is 9.84 Å². The standard InChI is InChI=1S/C17H17NO4S/c1-3-9-23-16-14(11(2)19)7-8-15(18-16)22-13-6-4-5-12(10-13)17(20)21/h4-8,10H,3,9H2,1-2H3,(H,20,21). The Bertz CT molecular complexity index is 730. The molecule has 0 radical (unpaired) electrons. The minimum atomic E-state index is -1.02. The molecule has 1 heterocycles. The SMILES string of the molecule is CCCSc1nc(Oc2cccc(C(=O)O)c2)ccc1C(C)=O. The second kappa shape index (κ2) is 7.78. The van der Waals surface area contributed by atoms with Crippen LogP contribution in [0.5, 0.6) is 11.6 Å². The lowest BCUT2D eigenvalue weighted by atomic mass is 10.2. The first-order chi connectivity index (χ1) is 11.0. The number of Topliss-reactive ketones (excluding diaryl/α,β-unsaturated/α-hetero) is 1. The maximum atomic E-state index is 11.7. The smallest absolute Gasteiger partial charge is 0.335 e. The highest BCUT2D eigenvalue weighted by Gasteiger charge is 2.12.